The van der Waals surface area contributed by atoms with Gasteiger partial charge in [0.05, 0.1) is 0 Å². The topological polar surface area (TPSA) is 29.9 Å². The summed E-state index contributed by atoms with van der Waals surface area (Å²) in [6.45, 7) is 6.80. The lowest BCUT2D eigenvalue weighted by molar-refractivity contribution is 0.293. The van der Waals surface area contributed by atoms with Crippen molar-refractivity contribution < 1.29 is 0 Å². The van der Waals surface area contributed by atoms with Crippen LogP contribution in [-0.4, -0.2) is 21.6 Å². The van der Waals surface area contributed by atoms with E-state index in [1.165, 1.54) is 50.9 Å². The molecule has 1 unspecified atom stereocenters. The fourth-order valence-electron chi connectivity index (χ4n) is 3.04. The quantitative estimate of drug-likeness (QED) is 0.869. The van der Waals surface area contributed by atoms with Gasteiger partial charge in [-0.05, 0) is 32.2 Å². The molecule has 1 aliphatic rings. The SMILES string of the molecule is CCCn1ccnc1CC1(CC)CCCCCN1. The molecular weight excluding hydrogens is 222 g/mol. The maximum absolute atomic E-state index is 4.58. The maximum atomic E-state index is 4.58. The van der Waals surface area contributed by atoms with Crippen LogP contribution in [0.4, 0.5) is 0 Å². The van der Waals surface area contributed by atoms with Crippen molar-refractivity contribution in [2.45, 2.75) is 70.9 Å². The van der Waals surface area contributed by atoms with E-state index in [1.54, 1.807) is 0 Å². The summed E-state index contributed by atoms with van der Waals surface area (Å²) in [6, 6.07) is 0. The first kappa shape index (κ1) is 13.6. The standard InChI is InChI=1S/C15H27N3/c1-3-11-18-12-10-16-14(18)13-15(4-2)8-6-5-7-9-17-15/h10,12,17H,3-9,11,13H2,1-2H3. The zero-order chi connectivity index (χ0) is 12.8. The van der Waals surface area contributed by atoms with Crippen LogP contribution in [0.3, 0.4) is 0 Å². The van der Waals surface area contributed by atoms with Crippen molar-refractivity contribution >= 4 is 0 Å². The molecule has 102 valence electrons. The summed E-state index contributed by atoms with van der Waals surface area (Å²) >= 11 is 0. The molecule has 3 heteroatoms. The molecule has 0 aliphatic carbocycles. The molecule has 1 saturated heterocycles. The third kappa shape index (κ3) is 3.14. The first-order valence-corrected chi connectivity index (χ1v) is 7.55. The molecule has 18 heavy (non-hydrogen) atoms. The van der Waals surface area contributed by atoms with Gasteiger partial charge in [-0.25, -0.2) is 4.98 Å². The molecular formula is C15H27N3. The van der Waals surface area contributed by atoms with Gasteiger partial charge in [-0.2, -0.15) is 0 Å². The van der Waals surface area contributed by atoms with Gasteiger partial charge in [0, 0.05) is 30.9 Å². The Morgan fingerprint density at radius 2 is 2.22 bits per heavy atom. The molecule has 1 fully saturated rings. The Labute approximate surface area is 111 Å². The highest BCUT2D eigenvalue weighted by molar-refractivity contribution is 5.02. The summed E-state index contributed by atoms with van der Waals surface area (Å²) in [5, 5.41) is 3.80. The minimum absolute atomic E-state index is 0.285. The van der Waals surface area contributed by atoms with Gasteiger partial charge in [-0.15, -0.1) is 0 Å². The number of aryl methyl sites for hydroxylation is 1. The van der Waals surface area contributed by atoms with E-state index >= 15 is 0 Å². The fourth-order valence-corrected chi connectivity index (χ4v) is 3.04. The second kappa shape index (κ2) is 6.37. The lowest BCUT2D eigenvalue weighted by Gasteiger charge is -2.32. The van der Waals surface area contributed by atoms with Gasteiger partial charge >= 0.3 is 0 Å². The van der Waals surface area contributed by atoms with Crippen molar-refractivity contribution in [3.63, 3.8) is 0 Å². The van der Waals surface area contributed by atoms with Gasteiger partial charge in [-0.3, -0.25) is 0 Å². The van der Waals surface area contributed by atoms with E-state index < -0.39 is 0 Å². The van der Waals surface area contributed by atoms with Crippen molar-refractivity contribution in [3.8, 4) is 0 Å². The molecule has 1 aromatic rings. The molecule has 0 radical (unpaired) electrons. The van der Waals surface area contributed by atoms with Crippen LogP contribution in [0.1, 0.15) is 58.2 Å². The molecule has 1 aliphatic heterocycles. The molecule has 0 aromatic carbocycles. The number of rotatable bonds is 5. The Hall–Kier alpha value is -0.830. The molecule has 2 heterocycles. The highest BCUT2D eigenvalue weighted by Crippen LogP contribution is 2.26. The van der Waals surface area contributed by atoms with Gasteiger partial charge < -0.3 is 9.88 Å². The summed E-state index contributed by atoms with van der Waals surface area (Å²) in [5.41, 5.74) is 0.285. The molecule has 3 nitrogen and oxygen atoms in total. The summed E-state index contributed by atoms with van der Waals surface area (Å²) < 4.78 is 2.32. The average Bonchev–Trinajstić information content (AvgIpc) is 2.67. The van der Waals surface area contributed by atoms with Crippen LogP contribution in [0.15, 0.2) is 12.4 Å². The average molecular weight is 249 g/mol. The molecule has 1 N–H and O–H groups in total. The van der Waals surface area contributed by atoms with Crippen LogP contribution < -0.4 is 5.32 Å². The van der Waals surface area contributed by atoms with Gasteiger partial charge in [0.15, 0.2) is 0 Å². The summed E-state index contributed by atoms with van der Waals surface area (Å²) in [5.74, 6) is 1.26. The van der Waals surface area contributed by atoms with Gasteiger partial charge in [-0.1, -0.05) is 26.7 Å². The van der Waals surface area contributed by atoms with E-state index in [9.17, 15) is 0 Å². The van der Waals surface area contributed by atoms with Gasteiger partial charge in [0.1, 0.15) is 5.82 Å². The number of aromatic nitrogens is 2. The molecule has 1 aromatic heterocycles. The predicted octanol–water partition coefficient (Wildman–Crippen LogP) is 3.15. The summed E-state index contributed by atoms with van der Waals surface area (Å²) in [6.07, 6.45) is 12.9. The first-order chi connectivity index (χ1) is 8.79. The second-order valence-corrected chi connectivity index (χ2v) is 5.58. The minimum atomic E-state index is 0.285. The monoisotopic (exact) mass is 249 g/mol. The fraction of sp³-hybridized carbons (Fsp3) is 0.800. The summed E-state index contributed by atoms with van der Waals surface area (Å²) in [4.78, 5) is 4.58. The Morgan fingerprint density at radius 1 is 1.33 bits per heavy atom. The van der Waals surface area contributed by atoms with Gasteiger partial charge in [0.25, 0.3) is 0 Å². The highest BCUT2D eigenvalue weighted by Gasteiger charge is 2.30. The van der Waals surface area contributed by atoms with E-state index in [2.05, 4.69) is 34.9 Å². The smallest absolute Gasteiger partial charge is 0.110 e. The largest absolute Gasteiger partial charge is 0.335 e. The normalized spacial score (nSPS) is 25.0. The first-order valence-electron chi connectivity index (χ1n) is 7.55. The minimum Gasteiger partial charge on any atom is -0.335 e. The lowest BCUT2D eigenvalue weighted by Crippen LogP contribution is -2.46. The third-order valence-corrected chi connectivity index (χ3v) is 4.27. The predicted molar refractivity (Wildman–Crippen MR) is 75.7 cm³/mol. The maximum Gasteiger partial charge on any atom is 0.110 e. The Balaban J connectivity index is 2.10. The molecule has 0 spiro atoms. The van der Waals surface area contributed by atoms with Crippen LogP contribution in [0.5, 0.6) is 0 Å². The number of hydrogen-bond acceptors (Lipinski definition) is 2. The second-order valence-electron chi connectivity index (χ2n) is 5.58. The van der Waals surface area contributed by atoms with E-state index in [-0.39, 0.29) is 5.54 Å². The zero-order valence-corrected chi connectivity index (χ0v) is 11.9. The van der Waals surface area contributed by atoms with Crippen LogP contribution in [0.2, 0.25) is 0 Å². The lowest BCUT2D eigenvalue weighted by atomic mass is 9.87. The van der Waals surface area contributed by atoms with Crippen molar-refractivity contribution in [1.82, 2.24) is 14.9 Å². The van der Waals surface area contributed by atoms with Crippen LogP contribution in [-0.2, 0) is 13.0 Å². The molecule has 0 saturated carbocycles. The molecule has 1 atom stereocenters. The van der Waals surface area contributed by atoms with Crippen molar-refractivity contribution in [1.29, 1.82) is 0 Å². The van der Waals surface area contributed by atoms with Crippen LogP contribution in [0, 0.1) is 0 Å². The third-order valence-electron chi connectivity index (χ3n) is 4.27. The number of hydrogen-bond donors (Lipinski definition) is 1. The van der Waals surface area contributed by atoms with Gasteiger partial charge in [0.2, 0.25) is 0 Å². The Morgan fingerprint density at radius 3 is 3.00 bits per heavy atom. The Kier molecular flexibility index (Phi) is 4.81. The Bertz CT molecular complexity index is 348. The number of nitrogens with one attached hydrogen (secondary N) is 1. The van der Waals surface area contributed by atoms with E-state index in [0.29, 0.717) is 0 Å². The summed E-state index contributed by atoms with van der Waals surface area (Å²) in [7, 11) is 0. The number of imidazole rings is 1. The van der Waals surface area contributed by atoms with Crippen LogP contribution >= 0.6 is 0 Å². The molecule has 0 amide bonds. The zero-order valence-electron chi connectivity index (χ0n) is 11.9. The molecule has 0 bridgehead atoms. The van der Waals surface area contributed by atoms with Crippen molar-refractivity contribution in [2.24, 2.45) is 0 Å². The molecule has 2 rings (SSSR count). The highest BCUT2D eigenvalue weighted by atomic mass is 15.1. The van der Waals surface area contributed by atoms with E-state index in [0.717, 1.165) is 13.0 Å². The van der Waals surface area contributed by atoms with Crippen molar-refractivity contribution in [3.05, 3.63) is 18.2 Å². The van der Waals surface area contributed by atoms with Crippen LogP contribution in [0.25, 0.3) is 0 Å². The van der Waals surface area contributed by atoms with E-state index in [4.69, 9.17) is 0 Å². The number of nitrogens with zero attached hydrogens (tertiary/aromatic N) is 2. The van der Waals surface area contributed by atoms with Crippen molar-refractivity contribution in [2.75, 3.05) is 6.54 Å². The van der Waals surface area contributed by atoms with E-state index in [1.807, 2.05) is 6.20 Å².